The van der Waals surface area contributed by atoms with Crippen LogP contribution in [-0.2, 0) is 0 Å². The Labute approximate surface area is 149 Å². The van der Waals surface area contributed by atoms with E-state index < -0.39 is 0 Å². The lowest BCUT2D eigenvalue weighted by Gasteiger charge is -2.14. The molecule has 1 unspecified atom stereocenters. The van der Waals surface area contributed by atoms with Crippen molar-refractivity contribution < 1.29 is 9.53 Å². The Morgan fingerprint density at radius 2 is 1.92 bits per heavy atom. The van der Waals surface area contributed by atoms with Gasteiger partial charge in [-0.25, -0.2) is 0 Å². The van der Waals surface area contributed by atoms with Gasteiger partial charge in [0.1, 0.15) is 11.4 Å². The number of carbonyl (C=O) groups is 1. The zero-order valence-corrected chi connectivity index (χ0v) is 15.4. The summed E-state index contributed by atoms with van der Waals surface area (Å²) in [5.41, 5.74) is 3.66. The summed E-state index contributed by atoms with van der Waals surface area (Å²) in [6.45, 7) is 3.99. The number of fused-ring (bicyclic) bond motifs is 1. The molecule has 1 atom stereocenters. The molecule has 5 heteroatoms. The molecule has 1 amide bonds. The second kappa shape index (κ2) is 6.69. The van der Waals surface area contributed by atoms with Crippen LogP contribution in [0.25, 0.3) is 10.9 Å². The number of aromatic amines is 1. The van der Waals surface area contributed by atoms with Gasteiger partial charge in [0, 0.05) is 15.4 Å². The average molecular weight is 387 g/mol. The smallest absolute Gasteiger partial charge is 0.268 e. The van der Waals surface area contributed by atoms with Crippen LogP contribution in [0.15, 0.2) is 46.9 Å². The first-order valence-corrected chi connectivity index (χ1v) is 8.51. The predicted molar refractivity (Wildman–Crippen MR) is 99.6 cm³/mol. The molecule has 3 aromatic rings. The van der Waals surface area contributed by atoms with E-state index in [4.69, 9.17) is 4.74 Å². The van der Waals surface area contributed by atoms with Gasteiger partial charge in [-0.2, -0.15) is 0 Å². The number of aryl methyl sites for hydroxylation is 1. The van der Waals surface area contributed by atoms with Crippen LogP contribution in [0.3, 0.4) is 0 Å². The molecule has 1 heterocycles. The van der Waals surface area contributed by atoms with Crippen LogP contribution >= 0.6 is 15.9 Å². The third-order valence-electron chi connectivity index (χ3n) is 4.21. The first-order chi connectivity index (χ1) is 11.5. The van der Waals surface area contributed by atoms with Crippen molar-refractivity contribution in [1.82, 2.24) is 10.3 Å². The Kier molecular flexibility index (Phi) is 4.62. The van der Waals surface area contributed by atoms with Crippen LogP contribution in [0.2, 0.25) is 0 Å². The zero-order chi connectivity index (χ0) is 17.3. The van der Waals surface area contributed by atoms with E-state index in [2.05, 4.69) is 26.2 Å². The molecule has 0 radical (unpaired) electrons. The minimum absolute atomic E-state index is 0.0948. The molecule has 0 aliphatic heterocycles. The lowest BCUT2D eigenvalue weighted by atomic mass is 10.1. The molecule has 3 rings (SSSR count). The summed E-state index contributed by atoms with van der Waals surface area (Å²) in [6, 6.07) is 13.4. The first kappa shape index (κ1) is 16.6. The van der Waals surface area contributed by atoms with Gasteiger partial charge < -0.3 is 15.0 Å². The topological polar surface area (TPSA) is 54.1 Å². The van der Waals surface area contributed by atoms with Crippen molar-refractivity contribution >= 4 is 32.7 Å². The minimum atomic E-state index is -0.120. The number of hydrogen-bond acceptors (Lipinski definition) is 2. The quantitative estimate of drug-likeness (QED) is 0.680. The molecule has 0 aliphatic carbocycles. The van der Waals surface area contributed by atoms with Crippen LogP contribution in [0.1, 0.15) is 34.6 Å². The summed E-state index contributed by atoms with van der Waals surface area (Å²) < 4.78 is 6.19. The Balaban J connectivity index is 1.80. The molecule has 0 fully saturated rings. The third-order valence-corrected chi connectivity index (χ3v) is 5.07. The van der Waals surface area contributed by atoms with Gasteiger partial charge in [0.25, 0.3) is 5.91 Å². The second-order valence-corrected chi connectivity index (χ2v) is 6.64. The van der Waals surface area contributed by atoms with Crippen molar-refractivity contribution in [3.05, 3.63) is 63.8 Å². The van der Waals surface area contributed by atoms with Gasteiger partial charge in [-0.05, 0) is 55.3 Å². The number of aromatic nitrogens is 1. The van der Waals surface area contributed by atoms with Crippen molar-refractivity contribution in [2.45, 2.75) is 19.9 Å². The summed E-state index contributed by atoms with van der Waals surface area (Å²) >= 11 is 3.52. The molecule has 24 heavy (non-hydrogen) atoms. The Morgan fingerprint density at radius 1 is 1.21 bits per heavy atom. The molecule has 0 bridgehead atoms. The monoisotopic (exact) mass is 386 g/mol. The van der Waals surface area contributed by atoms with E-state index >= 15 is 0 Å². The highest BCUT2D eigenvalue weighted by Gasteiger charge is 2.15. The van der Waals surface area contributed by atoms with Gasteiger partial charge in [-0.1, -0.05) is 28.1 Å². The largest absolute Gasteiger partial charge is 0.497 e. The van der Waals surface area contributed by atoms with Gasteiger partial charge >= 0.3 is 0 Å². The molecule has 0 spiro atoms. The minimum Gasteiger partial charge on any atom is -0.497 e. The number of nitrogens with one attached hydrogen (secondary N) is 2. The van der Waals surface area contributed by atoms with Crippen molar-refractivity contribution in [3.63, 3.8) is 0 Å². The van der Waals surface area contributed by atoms with E-state index in [1.54, 1.807) is 7.11 Å². The highest BCUT2D eigenvalue weighted by atomic mass is 79.9. The molecular weight excluding hydrogens is 368 g/mol. The molecule has 0 saturated carbocycles. The Morgan fingerprint density at radius 3 is 2.58 bits per heavy atom. The van der Waals surface area contributed by atoms with Crippen LogP contribution in [0, 0.1) is 6.92 Å². The van der Waals surface area contributed by atoms with Crippen LogP contribution in [0.5, 0.6) is 5.75 Å². The van der Waals surface area contributed by atoms with Gasteiger partial charge in [-0.3, -0.25) is 4.79 Å². The summed E-state index contributed by atoms with van der Waals surface area (Å²) in [5, 5.41) is 4.07. The zero-order valence-electron chi connectivity index (χ0n) is 13.8. The maximum Gasteiger partial charge on any atom is 0.268 e. The lowest BCUT2D eigenvalue weighted by molar-refractivity contribution is 0.0935. The van der Waals surface area contributed by atoms with Crippen LogP contribution in [0.4, 0.5) is 0 Å². The highest BCUT2D eigenvalue weighted by molar-refractivity contribution is 9.10. The Bertz CT molecular complexity index is 884. The van der Waals surface area contributed by atoms with Gasteiger partial charge in [0.15, 0.2) is 0 Å². The van der Waals surface area contributed by atoms with Crippen molar-refractivity contribution in [1.29, 1.82) is 0 Å². The summed E-state index contributed by atoms with van der Waals surface area (Å²) in [6.07, 6.45) is 0. The van der Waals surface area contributed by atoms with E-state index in [1.165, 1.54) is 0 Å². The number of methoxy groups -OCH3 is 1. The van der Waals surface area contributed by atoms with E-state index in [-0.39, 0.29) is 11.9 Å². The normalized spacial score (nSPS) is 12.2. The molecule has 0 saturated heterocycles. The number of hydrogen-bond donors (Lipinski definition) is 2. The summed E-state index contributed by atoms with van der Waals surface area (Å²) in [4.78, 5) is 15.7. The van der Waals surface area contributed by atoms with E-state index in [9.17, 15) is 4.79 Å². The SMILES string of the molecule is COc1ccc(C(C)NC(=O)c2cc3c(C)c(Br)ccc3[nH]2)cc1. The maximum atomic E-state index is 12.5. The molecule has 1 aromatic heterocycles. The number of carbonyl (C=O) groups excluding carboxylic acids is 1. The predicted octanol–water partition coefficient (Wildman–Crippen LogP) is 4.74. The standard InChI is InChI=1S/C19H19BrN2O2/c1-11-15-10-18(22-17(15)9-8-16(11)20)19(23)21-12(2)13-4-6-14(24-3)7-5-13/h4-10,12,22H,1-3H3,(H,21,23). The number of amides is 1. The van der Waals surface area contributed by atoms with E-state index in [0.717, 1.165) is 32.3 Å². The number of halogens is 1. The molecule has 2 N–H and O–H groups in total. The van der Waals surface area contributed by atoms with Crippen molar-refractivity contribution in [2.24, 2.45) is 0 Å². The summed E-state index contributed by atoms with van der Waals surface area (Å²) in [5.74, 6) is 0.680. The fraction of sp³-hybridized carbons (Fsp3) is 0.211. The van der Waals surface area contributed by atoms with E-state index in [1.807, 2.05) is 56.3 Å². The molecule has 2 aromatic carbocycles. The lowest BCUT2D eigenvalue weighted by Crippen LogP contribution is -2.26. The number of H-pyrrole nitrogens is 1. The highest BCUT2D eigenvalue weighted by Crippen LogP contribution is 2.26. The Hall–Kier alpha value is -2.27. The molecule has 124 valence electrons. The third kappa shape index (κ3) is 3.17. The van der Waals surface area contributed by atoms with Gasteiger partial charge in [0.05, 0.1) is 13.2 Å². The number of ether oxygens (including phenoxy) is 1. The van der Waals surface area contributed by atoms with Gasteiger partial charge in [-0.15, -0.1) is 0 Å². The van der Waals surface area contributed by atoms with Gasteiger partial charge in [0.2, 0.25) is 0 Å². The van der Waals surface area contributed by atoms with Crippen LogP contribution in [-0.4, -0.2) is 18.0 Å². The van der Waals surface area contributed by atoms with Crippen molar-refractivity contribution in [3.8, 4) is 5.75 Å². The number of benzene rings is 2. The van der Waals surface area contributed by atoms with Crippen LogP contribution < -0.4 is 10.1 Å². The molecular formula is C19H19BrN2O2. The van der Waals surface area contributed by atoms with Crippen molar-refractivity contribution in [2.75, 3.05) is 7.11 Å². The maximum absolute atomic E-state index is 12.5. The molecule has 0 aliphatic rings. The fourth-order valence-corrected chi connectivity index (χ4v) is 3.04. The second-order valence-electron chi connectivity index (χ2n) is 5.78. The van der Waals surface area contributed by atoms with E-state index in [0.29, 0.717) is 5.69 Å². The number of rotatable bonds is 4. The molecule has 4 nitrogen and oxygen atoms in total. The fourth-order valence-electron chi connectivity index (χ4n) is 2.70. The summed E-state index contributed by atoms with van der Waals surface area (Å²) in [7, 11) is 1.64. The average Bonchev–Trinajstić information content (AvgIpc) is 3.03. The first-order valence-electron chi connectivity index (χ1n) is 7.72.